The molecule has 2 rings (SSSR count). The van der Waals surface area contributed by atoms with E-state index in [1.807, 2.05) is 18.2 Å². The van der Waals surface area contributed by atoms with E-state index in [2.05, 4.69) is 31.0 Å². The molecule has 1 aromatic carbocycles. The largest absolute Gasteiger partial charge is 0.422 e. The van der Waals surface area contributed by atoms with E-state index < -0.39 is 5.63 Å². The zero-order chi connectivity index (χ0) is 18.9. The quantitative estimate of drug-likeness (QED) is 0.507. The van der Waals surface area contributed by atoms with Crippen LogP contribution in [0.2, 0.25) is 0 Å². The molecule has 0 spiro atoms. The third-order valence-corrected chi connectivity index (χ3v) is 4.66. The van der Waals surface area contributed by atoms with Crippen LogP contribution in [0, 0.1) is 0 Å². The average Bonchev–Trinajstić information content (AvgIpc) is 2.64. The summed E-state index contributed by atoms with van der Waals surface area (Å²) in [7, 11) is 0. The number of amides is 1. The maximum atomic E-state index is 12.3. The maximum Gasteiger partial charge on any atom is 0.349 e. The summed E-state index contributed by atoms with van der Waals surface area (Å²) in [6.07, 6.45) is 5.62. The molecule has 1 N–H and O–H groups in total. The minimum absolute atomic E-state index is 0.0710. The van der Waals surface area contributed by atoms with Crippen LogP contribution in [0.1, 0.15) is 63.2 Å². The number of carbonyl (C=O) groups is 1. The van der Waals surface area contributed by atoms with Crippen LogP contribution in [-0.4, -0.2) is 25.5 Å². The molecule has 1 heterocycles. The molecule has 0 saturated heterocycles. The van der Waals surface area contributed by atoms with E-state index in [-0.39, 0.29) is 11.5 Å². The SMILES string of the molecule is CCCCCCCNC(=O)c1cc2ccc(N(CC)CC)cc2oc1=O. The molecule has 2 aromatic rings. The van der Waals surface area contributed by atoms with Crippen LogP contribution in [0.3, 0.4) is 0 Å². The Kier molecular flexibility index (Phi) is 7.70. The van der Waals surface area contributed by atoms with Gasteiger partial charge in [0.15, 0.2) is 0 Å². The van der Waals surface area contributed by atoms with Gasteiger partial charge in [-0.3, -0.25) is 4.79 Å². The lowest BCUT2D eigenvalue weighted by Crippen LogP contribution is -2.29. The fourth-order valence-corrected chi connectivity index (χ4v) is 3.07. The highest BCUT2D eigenvalue weighted by atomic mass is 16.4. The summed E-state index contributed by atoms with van der Waals surface area (Å²) >= 11 is 0. The number of hydrogen-bond donors (Lipinski definition) is 1. The Hall–Kier alpha value is -2.30. The topological polar surface area (TPSA) is 62.6 Å². The van der Waals surface area contributed by atoms with Crippen molar-refractivity contribution in [3.05, 3.63) is 40.2 Å². The molecule has 0 bridgehead atoms. The summed E-state index contributed by atoms with van der Waals surface area (Å²) in [6, 6.07) is 7.37. The molecule has 0 aliphatic carbocycles. The number of unbranched alkanes of at least 4 members (excludes halogenated alkanes) is 4. The molecule has 0 aliphatic heterocycles. The minimum atomic E-state index is -0.585. The Labute approximate surface area is 155 Å². The van der Waals surface area contributed by atoms with Gasteiger partial charge in [0.1, 0.15) is 11.1 Å². The lowest BCUT2D eigenvalue weighted by molar-refractivity contribution is 0.0949. The molecule has 5 heteroatoms. The van der Waals surface area contributed by atoms with E-state index in [1.54, 1.807) is 6.07 Å². The second kappa shape index (κ2) is 10.00. The molecule has 0 atom stereocenters. The molecule has 0 fully saturated rings. The van der Waals surface area contributed by atoms with Crippen molar-refractivity contribution in [2.45, 2.75) is 52.9 Å². The van der Waals surface area contributed by atoms with Crippen LogP contribution in [0.5, 0.6) is 0 Å². The van der Waals surface area contributed by atoms with Crippen LogP contribution >= 0.6 is 0 Å². The first-order valence-corrected chi connectivity index (χ1v) is 9.71. The third-order valence-electron chi connectivity index (χ3n) is 4.66. The van der Waals surface area contributed by atoms with E-state index >= 15 is 0 Å². The van der Waals surface area contributed by atoms with Gasteiger partial charge in [0.05, 0.1) is 0 Å². The van der Waals surface area contributed by atoms with Gasteiger partial charge in [0.2, 0.25) is 0 Å². The van der Waals surface area contributed by atoms with Gasteiger partial charge in [-0.15, -0.1) is 0 Å². The van der Waals surface area contributed by atoms with E-state index in [1.165, 1.54) is 19.3 Å². The van der Waals surface area contributed by atoms with Crippen LogP contribution in [0.4, 0.5) is 5.69 Å². The number of nitrogens with zero attached hydrogens (tertiary/aromatic N) is 1. The van der Waals surface area contributed by atoms with Crippen LogP contribution in [-0.2, 0) is 0 Å². The van der Waals surface area contributed by atoms with Gasteiger partial charge < -0.3 is 14.6 Å². The molecule has 0 radical (unpaired) electrons. The van der Waals surface area contributed by atoms with Gasteiger partial charge in [-0.2, -0.15) is 0 Å². The van der Waals surface area contributed by atoms with Crippen molar-refractivity contribution < 1.29 is 9.21 Å². The second-order valence-electron chi connectivity index (χ2n) is 6.51. The predicted octanol–water partition coefficient (Wildman–Crippen LogP) is 4.34. The van der Waals surface area contributed by atoms with E-state index in [4.69, 9.17) is 4.42 Å². The summed E-state index contributed by atoms with van der Waals surface area (Å²) in [5, 5.41) is 3.58. The Morgan fingerprint density at radius 3 is 2.46 bits per heavy atom. The number of anilines is 1. The molecule has 1 aromatic heterocycles. The van der Waals surface area contributed by atoms with Gasteiger partial charge >= 0.3 is 5.63 Å². The van der Waals surface area contributed by atoms with Crippen molar-refractivity contribution in [2.75, 3.05) is 24.5 Å². The molecular formula is C21H30N2O3. The second-order valence-corrected chi connectivity index (χ2v) is 6.51. The lowest BCUT2D eigenvalue weighted by atomic mass is 10.1. The Balaban J connectivity index is 2.09. The van der Waals surface area contributed by atoms with Gasteiger partial charge in [-0.1, -0.05) is 32.6 Å². The first-order chi connectivity index (χ1) is 12.6. The minimum Gasteiger partial charge on any atom is -0.422 e. The van der Waals surface area contributed by atoms with Crippen molar-refractivity contribution in [1.29, 1.82) is 0 Å². The number of carbonyl (C=O) groups excluding carboxylic acids is 1. The fraction of sp³-hybridized carbons (Fsp3) is 0.524. The molecule has 0 saturated carbocycles. The van der Waals surface area contributed by atoms with E-state index in [0.717, 1.165) is 37.0 Å². The number of benzene rings is 1. The number of hydrogen-bond acceptors (Lipinski definition) is 4. The van der Waals surface area contributed by atoms with Crippen molar-refractivity contribution >= 4 is 22.6 Å². The van der Waals surface area contributed by atoms with Crippen LogP contribution in [0.25, 0.3) is 11.0 Å². The Bertz CT molecular complexity index is 778. The highest BCUT2D eigenvalue weighted by molar-refractivity contribution is 5.96. The zero-order valence-electron chi connectivity index (χ0n) is 16.1. The third kappa shape index (κ3) is 5.10. The van der Waals surface area contributed by atoms with Crippen LogP contribution < -0.4 is 15.8 Å². The summed E-state index contributed by atoms with van der Waals surface area (Å²) in [5.41, 5.74) is 1.00. The van der Waals surface area contributed by atoms with E-state index in [0.29, 0.717) is 12.1 Å². The normalized spacial score (nSPS) is 10.9. The predicted molar refractivity (Wildman–Crippen MR) is 107 cm³/mol. The lowest BCUT2D eigenvalue weighted by Gasteiger charge is -2.21. The molecule has 1 amide bonds. The highest BCUT2D eigenvalue weighted by Crippen LogP contribution is 2.21. The molecule has 0 unspecified atom stereocenters. The molecular weight excluding hydrogens is 328 g/mol. The van der Waals surface area contributed by atoms with Gasteiger partial charge in [-0.25, -0.2) is 4.79 Å². The van der Waals surface area contributed by atoms with Gasteiger partial charge in [0, 0.05) is 36.8 Å². The molecule has 0 aliphatic rings. The fourth-order valence-electron chi connectivity index (χ4n) is 3.07. The van der Waals surface area contributed by atoms with Gasteiger partial charge in [-0.05, 0) is 38.5 Å². The monoisotopic (exact) mass is 358 g/mol. The van der Waals surface area contributed by atoms with Crippen molar-refractivity contribution in [3.63, 3.8) is 0 Å². The first kappa shape index (κ1) is 20.0. The molecule has 142 valence electrons. The van der Waals surface area contributed by atoms with E-state index in [9.17, 15) is 9.59 Å². The maximum absolute atomic E-state index is 12.3. The average molecular weight is 358 g/mol. The summed E-state index contributed by atoms with van der Waals surface area (Å²) in [5.74, 6) is -0.357. The summed E-state index contributed by atoms with van der Waals surface area (Å²) < 4.78 is 5.41. The number of nitrogens with one attached hydrogen (secondary N) is 1. The smallest absolute Gasteiger partial charge is 0.349 e. The van der Waals surface area contributed by atoms with Crippen molar-refractivity contribution in [1.82, 2.24) is 5.32 Å². The van der Waals surface area contributed by atoms with Crippen LogP contribution in [0.15, 0.2) is 33.5 Å². The standard InChI is InChI=1S/C21H30N2O3/c1-4-7-8-9-10-13-22-20(24)18-14-16-11-12-17(23(5-2)6-3)15-19(16)26-21(18)25/h11-12,14-15H,4-10,13H2,1-3H3,(H,22,24). The molecule has 26 heavy (non-hydrogen) atoms. The Morgan fingerprint density at radius 1 is 1.04 bits per heavy atom. The zero-order valence-corrected chi connectivity index (χ0v) is 16.1. The molecule has 5 nitrogen and oxygen atoms in total. The first-order valence-electron chi connectivity index (χ1n) is 9.71. The van der Waals surface area contributed by atoms with Crippen molar-refractivity contribution in [3.8, 4) is 0 Å². The number of rotatable bonds is 10. The van der Waals surface area contributed by atoms with Crippen molar-refractivity contribution in [2.24, 2.45) is 0 Å². The summed E-state index contributed by atoms with van der Waals surface area (Å²) in [6.45, 7) is 8.68. The van der Waals surface area contributed by atoms with Gasteiger partial charge in [0.25, 0.3) is 5.91 Å². The highest BCUT2D eigenvalue weighted by Gasteiger charge is 2.14. The number of fused-ring (bicyclic) bond motifs is 1. The Morgan fingerprint density at radius 2 is 1.77 bits per heavy atom. The summed E-state index contributed by atoms with van der Waals surface area (Å²) in [4.78, 5) is 26.7.